The molecule has 0 saturated carbocycles. The van der Waals surface area contributed by atoms with Crippen molar-refractivity contribution in [3.63, 3.8) is 0 Å². The molecule has 1 rings (SSSR count). The second-order valence-corrected chi connectivity index (χ2v) is 4.61. The van der Waals surface area contributed by atoms with Gasteiger partial charge in [-0.1, -0.05) is 0 Å². The Morgan fingerprint density at radius 3 is 2.79 bits per heavy atom. The second kappa shape index (κ2) is 4.50. The molecule has 0 bridgehead atoms. The third kappa shape index (κ3) is 3.82. The van der Waals surface area contributed by atoms with Gasteiger partial charge < -0.3 is 0 Å². The zero-order chi connectivity index (χ0) is 10.6. The highest BCUT2D eigenvalue weighted by Crippen LogP contribution is 1.85. The first-order chi connectivity index (χ1) is 6.51. The van der Waals surface area contributed by atoms with Gasteiger partial charge in [0.15, 0.2) is 12.4 Å². The number of nitrogens with zero attached hydrogens (tertiary/aromatic N) is 1. The Morgan fingerprint density at radius 2 is 2.29 bits per heavy atom. The lowest BCUT2D eigenvalue weighted by Gasteiger charge is -2.00. The summed E-state index contributed by atoms with van der Waals surface area (Å²) in [5.74, 6) is -0.188. The molecule has 1 unspecified atom stereocenters. The SMILES string of the molecule is C=C[N+]1=C[NH+](CCCS(=O)(=O)O)C=C1. The van der Waals surface area contributed by atoms with Crippen LogP contribution in [-0.4, -0.2) is 36.2 Å². The van der Waals surface area contributed by atoms with Crippen molar-refractivity contribution in [2.24, 2.45) is 0 Å². The monoisotopic (exact) mass is 218 g/mol. The Kier molecular flexibility index (Phi) is 3.56. The van der Waals surface area contributed by atoms with Crippen LogP contribution in [0.2, 0.25) is 0 Å². The standard InChI is InChI=1S/C8H12N2O3S/c1-2-9-5-6-10(8-9)4-3-7-14(11,12)13/h2,5-6,8H,1,3-4,7H2/p+2. The lowest BCUT2D eigenvalue weighted by molar-refractivity contribution is -0.747. The lowest BCUT2D eigenvalue weighted by Crippen LogP contribution is -3.06. The molecule has 0 saturated heterocycles. The number of hydrogen-bond donors (Lipinski definition) is 2. The molecule has 0 radical (unpaired) electrons. The fourth-order valence-corrected chi connectivity index (χ4v) is 1.69. The summed E-state index contributed by atoms with van der Waals surface area (Å²) in [5.41, 5.74) is 0. The topological polar surface area (TPSA) is 61.8 Å². The average molecular weight is 218 g/mol. The summed E-state index contributed by atoms with van der Waals surface area (Å²) in [7, 11) is -3.82. The van der Waals surface area contributed by atoms with E-state index in [4.69, 9.17) is 4.55 Å². The highest BCUT2D eigenvalue weighted by molar-refractivity contribution is 7.85. The number of nitrogens with one attached hydrogen (secondary N) is 1. The summed E-state index contributed by atoms with van der Waals surface area (Å²) in [6.45, 7) is 4.23. The van der Waals surface area contributed by atoms with Crippen molar-refractivity contribution in [1.82, 2.24) is 0 Å². The highest BCUT2D eigenvalue weighted by Gasteiger charge is 2.16. The van der Waals surface area contributed by atoms with Crippen molar-refractivity contribution < 1.29 is 22.4 Å². The van der Waals surface area contributed by atoms with Gasteiger partial charge in [0.25, 0.3) is 10.1 Å². The maximum Gasteiger partial charge on any atom is 0.340 e. The highest BCUT2D eigenvalue weighted by atomic mass is 32.2. The maximum atomic E-state index is 10.4. The Hall–Kier alpha value is -0.980. The van der Waals surface area contributed by atoms with E-state index in [0.29, 0.717) is 13.0 Å². The largest absolute Gasteiger partial charge is 0.340 e. The summed E-state index contributed by atoms with van der Waals surface area (Å²) < 4.78 is 31.1. The Morgan fingerprint density at radius 1 is 1.57 bits per heavy atom. The predicted molar refractivity (Wildman–Crippen MR) is 52.5 cm³/mol. The molecule has 14 heavy (non-hydrogen) atoms. The van der Waals surface area contributed by atoms with Crippen LogP contribution >= 0.6 is 0 Å². The molecule has 1 heterocycles. The molecular weight excluding hydrogens is 204 g/mol. The molecule has 1 atom stereocenters. The quantitative estimate of drug-likeness (QED) is 0.451. The van der Waals surface area contributed by atoms with Crippen LogP contribution in [-0.2, 0) is 10.1 Å². The van der Waals surface area contributed by atoms with Crippen molar-refractivity contribution in [3.05, 3.63) is 25.2 Å². The number of hydrogen-bond acceptors (Lipinski definition) is 2. The second-order valence-electron chi connectivity index (χ2n) is 3.04. The Bertz CT molecular complexity index is 370. The van der Waals surface area contributed by atoms with Crippen molar-refractivity contribution in [2.45, 2.75) is 6.42 Å². The number of rotatable bonds is 5. The Labute approximate surface area is 83.4 Å². The lowest BCUT2D eigenvalue weighted by atomic mass is 10.4. The molecule has 0 aromatic rings. The third-order valence-electron chi connectivity index (χ3n) is 1.85. The summed E-state index contributed by atoms with van der Waals surface area (Å²) in [6, 6.07) is 0. The first kappa shape index (κ1) is 11.1. The van der Waals surface area contributed by atoms with Crippen molar-refractivity contribution in [3.8, 4) is 0 Å². The van der Waals surface area contributed by atoms with Gasteiger partial charge in [0.05, 0.1) is 12.3 Å². The van der Waals surface area contributed by atoms with Crippen LogP contribution in [0.5, 0.6) is 0 Å². The van der Waals surface area contributed by atoms with Gasteiger partial charge in [0, 0.05) is 6.42 Å². The van der Waals surface area contributed by atoms with Gasteiger partial charge in [0.2, 0.25) is 6.20 Å². The van der Waals surface area contributed by atoms with E-state index in [1.807, 2.05) is 18.7 Å². The molecule has 1 aliphatic rings. The minimum absolute atomic E-state index is 0.188. The molecule has 0 aliphatic carbocycles. The minimum atomic E-state index is -3.82. The Balaban J connectivity index is 2.32. The molecule has 0 aromatic carbocycles. The van der Waals surface area contributed by atoms with Crippen LogP contribution in [0.3, 0.4) is 0 Å². The summed E-state index contributed by atoms with van der Waals surface area (Å²) in [5, 5.41) is 0. The van der Waals surface area contributed by atoms with E-state index in [0.717, 1.165) is 4.90 Å². The first-order valence-electron chi connectivity index (χ1n) is 4.25. The van der Waals surface area contributed by atoms with Gasteiger partial charge in [-0.25, -0.2) is 4.90 Å². The van der Waals surface area contributed by atoms with E-state index in [-0.39, 0.29) is 5.75 Å². The molecular formula is C8H14N2O3S+2. The predicted octanol–water partition coefficient (Wildman–Crippen LogP) is -1.18. The molecule has 0 aromatic heterocycles. The van der Waals surface area contributed by atoms with E-state index in [1.165, 1.54) is 0 Å². The van der Waals surface area contributed by atoms with E-state index in [1.54, 1.807) is 10.8 Å². The van der Waals surface area contributed by atoms with Crippen LogP contribution in [0.4, 0.5) is 0 Å². The fraction of sp³-hybridized carbons (Fsp3) is 0.375. The maximum absolute atomic E-state index is 10.4. The van der Waals surface area contributed by atoms with Gasteiger partial charge in [-0.2, -0.15) is 8.42 Å². The molecule has 1 aliphatic heterocycles. The van der Waals surface area contributed by atoms with E-state index in [9.17, 15) is 8.42 Å². The van der Waals surface area contributed by atoms with Crippen molar-refractivity contribution in [2.75, 3.05) is 12.3 Å². The summed E-state index contributed by atoms with van der Waals surface area (Å²) in [6.07, 6.45) is 7.70. The molecule has 6 heteroatoms. The summed E-state index contributed by atoms with van der Waals surface area (Å²) in [4.78, 5) is 1.04. The van der Waals surface area contributed by atoms with Gasteiger partial charge >= 0.3 is 6.34 Å². The van der Waals surface area contributed by atoms with E-state index >= 15 is 0 Å². The molecule has 0 fully saturated rings. The molecule has 0 spiro atoms. The molecule has 5 nitrogen and oxygen atoms in total. The number of quaternary nitrogens is 1. The van der Waals surface area contributed by atoms with E-state index < -0.39 is 10.1 Å². The van der Waals surface area contributed by atoms with Gasteiger partial charge in [-0.3, -0.25) is 4.55 Å². The van der Waals surface area contributed by atoms with E-state index in [2.05, 4.69) is 6.58 Å². The van der Waals surface area contributed by atoms with Crippen LogP contribution in [0.1, 0.15) is 6.42 Å². The molecule has 0 amide bonds. The third-order valence-corrected chi connectivity index (χ3v) is 2.66. The zero-order valence-electron chi connectivity index (χ0n) is 7.76. The van der Waals surface area contributed by atoms with Crippen molar-refractivity contribution in [1.29, 1.82) is 0 Å². The van der Waals surface area contributed by atoms with Crippen LogP contribution in [0, 0.1) is 0 Å². The summed E-state index contributed by atoms with van der Waals surface area (Å²) >= 11 is 0. The van der Waals surface area contributed by atoms with Crippen LogP contribution < -0.4 is 4.90 Å². The van der Waals surface area contributed by atoms with Crippen LogP contribution in [0.15, 0.2) is 25.2 Å². The van der Waals surface area contributed by atoms with Crippen LogP contribution in [0.25, 0.3) is 0 Å². The fourth-order valence-electron chi connectivity index (χ4n) is 1.18. The minimum Gasteiger partial charge on any atom is -0.286 e. The zero-order valence-corrected chi connectivity index (χ0v) is 8.57. The molecule has 78 valence electrons. The molecule has 2 N–H and O–H groups in total. The van der Waals surface area contributed by atoms with Crippen molar-refractivity contribution >= 4 is 16.5 Å². The van der Waals surface area contributed by atoms with Gasteiger partial charge in [-0.15, -0.1) is 4.58 Å². The van der Waals surface area contributed by atoms with Gasteiger partial charge in [-0.05, 0) is 6.58 Å². The van der Waals surface area contributed by atoms with Gasteiger partial charge in [0.1, 0.15) is 0 Å². The normalized spacial score (nSPS) is 20.9. The first-order valence-corrected chi connectivity index (χ1v) is 5.86. The smallest absolute Gasteiger partial charge is 0.286 e. The average Bonchev–Trinajstić information content (AvgIpc) is 2.50.